The van der Waals surface area contributed by atoms with Crippen LogP contribution in [-0.2, 0) is 0 Å². The molecule has 1 aliphatic carbocycles. The molecule has 1 saturated carbocycles. The van der Waals surface area contributed by atoms with E-state index in [1.165, 1.54) is 89.9 Å². The molecule has 0 aliphatic heterocycles. The predicted octanol–water partition coefficient (Wildman–Crippen LogP) is 10.6. The van der Waals surface area contributed by atoms with Gasteiger partial charge >= 0.3 is 0 Å². The van der Waals surface area contributed by atoms with E-state index in [-0.39, 0.29) is 0 Å². The molecule has 0 aromatic heterocycles. The molecule has 0 heteroatoms. The van der Waals surface area contributed by atoms with Gasteiger partial charge in [-0.2, -0.15) is 0 Å². The first-order chi connectivity index (χ1) is 13.7. The molecule has 0 radical (unpaired) electrons. The average Bonchev–Trinajstić information content (AvgIpc) is 3.11. The summed E-state index contributed by atoms with van der Waals surface area (Å²) in [7, 11) is 0. The third-order valence-corrected chi connectivity index (χ3v) is 8.78. The summed E-state index contributed by atoms with van der Waals surface area (Å²) in [6, 6.07) is 0. The molecule has 1 aliphatic rings. The monoisotopic (exact) mass is 406 g/mol. The molecule has 0 N–H and O–H groups in total. The highest BCUT2D eigenvalue weighted by molar-refractivity contribution is 4.83. The van der Waals surface area contributed by atoms with Crippen molar-refractivity contribution >= 4 is 0 Å². The summed E-state index contributed by atoms with van der Waals surface area (Å²) >= 11 is 0. The second-order valence-electron chi connectivity index (χ2n) is 12.3. The van der Waals surface area contributed by atoms with Crippen LogP contribution < -0.4 is 0 Å². The molecule has 0 aromatic carbocycles. The lowest BCUT2D eigenvalue weighted by Crippen LogP contribution is -2.29. The molecular formula is C29H58. The van der Waals surface area contributed by atoms with Crippen molar-refractivity contribution < 1.29 is 0 Å². The summed E-state index contributed by atoms with van der Waals surface area (Å²) in [4.78, 5) is 0. The van der Waals surface area contributed by atoms with Crippen LogP contribution in [0.4, 0.5) is 0 Å². The van der Waals surface area contributed by atoms with Gasteiger partial charge in [0, 0.05) is 0 Å². The maximum Gasteiger partial charge on any atom is -0.0306 e. The van der Waals surface area contributed by atoms with E-state index in [0.717, 1.165) is 17.8 Å². The van der Waals surface area contributed by atoms with Gasteiger partial charge in [0.05, 0.1) is 0 Å². The van der Waals surface area contributed by atoms with Crippen molar-refractivity contribution in [2.24, 2.45) is 28.6 Å². The second-order valence-corrected chi connectivity index (χ2v) is 12.3. The Bertz CT molecular complexity index is 385. The molecule has 1 rings (SSSR count). The fourth-order valence-corrected chi connectivity index (χ4v) is 5.53. The molecule has 0 spiro atoms. The van der Waals surface area contributed by atoms with Crippen LogP contribution in [0.15, 0.2) is 0 Å². The van der Waals surface area contributed by atoms with Crippen molar-refractivity contribution in [3.8, 4) is 0 Å². The molecule has 1 fully saturated rings. The van der Waals surface area contributed by atoms with E-state index in [4.69, 9.17) is 0 Å². The zero-order chi connectivity index (χ0) is 21.8. The van der Waals surface area contributed by atoms with Crippen LogP contribution in [0.25, 0.3) is 0 Å². The van der Waals surface area contributed by atoms with Crippen molar-refractivity contribution in [3.63, 3.8) is 0 Å². The van der Waals surface area contributed by atoms with Gasteiger partial charge in [0.2, 0.25) is 0 Å². The first kappa shape index (κ1) is 27.0. The minimum Gasteiger partial charge on any atom is -0.0654 e. The summed E-state index contributed by atoms with van der Waals surface area (Å²) in [6.45, 7) is 16.9. The van der Waals surface area contributed by atoms with E-state index in [1.54, 1.807) is 19.3 Å². The van der Waals surface area contributed by atoms with Gasteiger partial charge in [0.15, 0.2) is 0 Å². The zero-order valence-electron chi connectivity index (χ0n) is 21.8. The summed E-state index contributed by atoms with van der Waals surface area (Å²) in [5, 5.41) is 0. The maximum atomic E-state index is 2.46. The molecule has 0 saturated heterocycles. The van der Waals surface area contributed by atoms with Crippen molar-refractivity contribution in [1.29, 1.82) is 0 Å². The number of hydrogen-bond donors (Lipinski definition) is 0. The lowest BCUT2D eigenvalue weighted by atomic mass is 9.67. The minimum absolute atomic E-state index is 0.425. The van der Waals surface area contributed by atoms with Gasteiger partial charge in [-0.15, -0.1) is 0 Å². The summed E-state index contributed by atoms with van der Waals surface area (Å²) in [5.41, 5.74) is 0.890. The average molecular weight is 407 g/mol. The van der Waals surface area contributed by atoms with Gasteiger partial charge in [0.25, 0.3) is 0 Å². The van der Waals surface area contributed by atoms with Crippen LogP contribution in [0.2, 0.25) is 0 Å². The molecule has 0 aromatic rings. The number of unbranched alkanes of at least 4 members (excludes halogenated alkanes) is 7. The van der Waals surface area contributed by atoms with Gasteiger partial charge in [-0.25, -0.2) is 0 Å². The summed E-state index contributed by atoms with van der Waals surface area (Å²) in [5.74, 6) is 3.17. The van der Waals surface area contributed by atoms with Crippen LogP contribution in [0, 0.1) is 28.6 Å². The minimum atomic E-state index is 0.425. The smallest absolute Gasteiger partial charge is 0.0306 e. The largest absolute Gasteiger partial charge is 0.0654 e. The Morgan fingerprint density at radius 1 is 0.690 bits per heavy atom. The van der Waals surface area contributed by atoms with Gasteiger partial charge in [0.1, 0.15) is 0 Å². The highest BCUT2D eigenvalue weighted by atomic mass is 14.4. The SMILES string of the molecule is CCCCCCCC1CCC(C(CCC)CCCCCCC(C)(C)C(C)(C)C)C1. The van der Waals surface area contributed by atoms with Gasteiger partial charge in [-0.3, -0.25) is 0 Å². The quantitative estimate of drug-likeness (QED) is 0.223. The van der Waals surface area contributed by atoms with Crippen LogP contribution in [0.1, 0.15) is 158 Å². The third-order valence-electron chi connectivity index (χ3n) is 8.78. The van der Waals surface area contributed by atoms with E-state index in [1.807, 2.05) is 0 Å². The molecule has 0 heterocycles. The van der Waals surface area contributed by atoms with Crippen molar-refractivity contribution in [2.45, 2.75) is 158 Å². The lowest BCUT2D eigenvalue weighted by Gasteiger charge is -2.39. The first-order valence-corrected chi connectivity index (χ1v) is 13.7. The summed E-state index contributed by atoms with van der Waals surface area (Å²) in [6.07, 6.45) is 25.1. The molecule has 3 unspecified atom stereocenters. The Kier molecular flexibility index (Phi) is 13.2. The lowest BCUT2D eigenvalue weighted by molar-refractivity contribution is 0.115. The normalized spacial score (nSPS) is 21.6. The zero-order valence-corrected chi connectivity index (χ0v) is 21.8. The van der Waals surface area contributed by atoms with Crippen LogP contribution in [0.5, 0.6) is 0 Å². The fraction of sp³-hybridized carbons (Fsp3) is 1.00. The highest BCUT2D eigenvalue weighted by Crippen LogP contribution is 2.43. The molecule has 3 atom stereocenters. The fourth-order valence-electron chi connectivity index (χ4n) is 5.53. The second kappa shape index (κ2) is 14.1. The molecule has 29 heavy (non-hydrogen) atoms. The van der Waals surface area contributed by atoms with E-state index >= 15 is 0 Å². The number of hydrogen-bond acceptors (Lipinski definition) is 0. The van der Waals surface area contributed by atoms with Crippen molar-refractivity contribution in [1.82, 2.24) is 0 Å². The Balaban J connectivity index is 2.22. The topological polar surface area (TPSA) is 0 Å². The van der Waals surface area contributed by atoms with Crippen LogP contribution in [-0.4, -0.2) is 0 Å². The number of rotatable bonds is 16. The van der Waals surface area contributed by atoms with Crippen molar-refractivity contribution in [2.75, 3.05) is 0 Å². The summed E-state index contributed by atoms with van der Waals surface area (Å²) < 4.78 is 0. The van der Waals surface area contributed by atoms with Crippen LogP contribution in [0.3, 0.4) is 0 Å². The predicted molar refractivity (Wildman–Crippen MR) is 134 cm³/mol. The van der Waals surface area contributed by atoms with Gasteiger partial charge < -0.3 is 0 Å². The molecule has 174 valence electrons. The molecule has 0 bridgehead atoms. The highest BCUT2D eigenvalue weighted by Gasteiger charge is 2.32. The van der Waals surface area contributed by atoms with E-state index in [0.29, 0.717) is 10.8 Å². The van der Waals surface area contributed by atoms with Gasteiger partial charge in [-0.1, -0.05) is 138 Å². The van der Waals surface area contributed by atoms with E-state index in [2.05, 4.69) is 48.5 Å². The van der Waals surface area contributed by atoms with Gasteiger partial charge in [-0.05, 0) is 47.8 Å². The van der Waals surface area contributed by atoms with E-state index < -0.39 is 0 Å². The standard InChI is InChI=1S/C29H58/c1-8-10-11-12-15-19-25-21-22-27(24-25)26(18-9-2)20-16-13-14-17-23-29(6,7)28(3,4)5/h25-27H,8-24H2,1-7H3. The first-order valence-electron chi connectivity index (χ1n) is 13.7. The Morgan fingerprint density at radius 3 is 2.00 bits per heavy atom. The van der Waals surface area contributed by atoms with Crippen molar-refractivity contribution in [3.05, 3.63) is 0 Å². The van der Waals surface area contributed by atoms with Crippen LogP contribution >= 0.6 is 0 Å². The Hall–Kier alpha value is 0. The molecule has 0 nitrogen and oxygen atoms in total. The molecule has 0 amide bonds. The Labute approximate surface area is 186 Å². The third kappa shape index (κ3) is 10.7. The Morgan fingerprint density at radius 2 is 1.34 bits per heavy atom. The van der Waals surface area contributed by atoms with E-state index in [9.17, 15) is 0 Å². The molecular weight excluding hydrogens is 348 g/mol. The maximum absolute atomic E-state index is 2.46.